The van der Waals surface area contributed by atoms with E-state index in [-0.39, 0.29) is 0 Å². The molecule has 0 aromatic carbocycles. The van der Waals surface area contributed by atoms with Gasteiger partial charge in [-0.1, -0.05) is 21.6 Å². The molecule has 2 fully saturated rings. The minimum Gasteiger partial charge on any atom is -0.160 e. The zero-order valence-electron chi connectivity index (χ0n) is 7.03. The van der Waals surface area contributed by atoms with Gasteiger partial charge in [-0.3, -0.25) is 0 Å². The zero-order chi connectivity index (χ0) is 8.23. The van der Waals surface area contributed by atoms with Gasteiger partial charge in [-0.2, -0.15) is 23.5 Å². The van der Waals surface area contributed by atoms with Gasteiger partial charge in [0.15, 0.2) is 0 Å². The molecule has 2 unspecified atom stereocenters. The van der Waals surface area contributed by atoms with Gasteiger partial charge >= 0.3 is 0 Å². The molecule has 0 radical (unpaired) electrons. The number of hydrogen-bond acceptors (Lipinski definition) is 4. The minimum absolute atomic E-state index is 0.960. The summed E-state index contributed by atoms with van der Waals surface area (Å²) in [5.74, 6) is 5.55. The second kappa shape index (κ2) is 5.32. The molecule has 0 spiro atoms. The monoisotopic (exact) mass is 238 g/mol. The van der Waals surface area contributed by atoms with Crippen LogP contribution in [0.25, 0.3) is 0 Å². The van der Waals surface area contributed by atoms with Crippen molar-refractivity contribution in [2.45, 2.75) is 23.3 Å². The lowest BCUT2D eigenvalue weighted by Crippen LogP contribution is -2.27. The molecule has 12 heavy (non-hydrogen) atoms. The Bertz CT molecular complexity index is 111. The van der Waals surface area contributed by atoms with Crippen molar-refractivity contribution in [3.63, 3.8) is 0 Å². The van der Waals surface area contributed by atoms with Gasteiger partial charge in [-0.25, -0.2) is 0 Å². The molecule has 2 heterocycles. The second-order valence-corrected chi connectivity index (χ2v) is 8.31. The maximum Gasteiger partial charge on any atom is 0.0278 e. The third-order valence-corrected chi connectivity index (χ3v) is 8.31. The van der Waals surface area contributed by atoms with Crippen LogP contribution in [0.1, 0.15) is 12.8 Å². The standard InChI is InChI=1S/C8H14S4/c1-2-7(12-11-3-1)8-6-9-4-5-10-8/h7-8H,1-6H2. The van der Waals surface area contributed by atoms with Gasteiger partial charge in [0.25, 0.3) is 0 Å². The highest BCUT2D eigenvalue weighted by molar-refractivity contribution is 8.77. The van der Waals surface area contributed by atoms with Gasteiger partial charge in [-0.15, -0.1) is 0 Å². The van der Waals surface area contributed by atoms with Crippen molar-refractivity contribution in [1.29, 1.82) is 0 Å². The van der Waals surface area contributed by atoms with Gasteiger partial charge in [0.2, 0.25) is 0 Å². The van der Waals surface area contributed by atoms with Crippen LogP contribution in [0.4, 0.5) is 0 Å². The van der Waals surface area contributed by atoms with Crippen molar-refractivity contribution >= 4 is 45.1 Å². The van der Waals surface area contributed by atoms with Crippen LogP contribution in [-0.4, -0.2) is 33.5 Å². The van der Waals surface area contributed by atoms with E-state index < -0.39 is 0 Å². The molecule has 4 heteroatoms. The van der Waals surface area contributed by atoms with Crippen LogP contribution in [0.5, 0.6) is 0 Å². The molecule has 0 aromatic heterocycles. The van der Waals surface area contributed by atoms with Crippen LogP contribution in [0.2, 0.25) is 0 Å². The van der Waals surface area contributed by atoms with E-state index in [4.69, 9.17) is 0 Å². The quantitative estimate of drug-likeness (QED) is 0.642. The molecule has 2 saturated heterocycles. The maximum absolute atomic E-state index is 2.21. The summed E-state index contributed by atoms with van der Waals surface area (Å²) in [4.78, 5) is 0. The molecule has 2 aliphatic rings. The van der Waals surface area contributed by atoms with E-state index in [1.165, 1.54) is 35.9 Å². The Morgan fingerprint density at radius 1 is 1.00 bits per heavy atom. The van der Waals surface area contributed by atoms with Crippen molar-refractivity contribution in [3.05, 3.63) is 0 Å². The van der Waals surface area contributed by atoms with Crippen molar-refractivity contribution < 1.29 is 0 Å². The first-order valence-electron chi connectivity index (χ1n) is 4.44. The van der Waals surface area contributed by atoms with E-state index in [1.807, 2.05) is 0 Å². The third kappa shape index (κ3) is 2.69. The lowest BCUT2D eigenvalue weighted by atomic mass is 10.2. The molecule has 2 rings (SSSR count). The summed E-state index contributed by atoms with van der Waals surface area (Å²) in [5.41, 5.74) is 0. The fraction of sp³-hybridized carbons (Fsp3) is 1.00. The second-order valence-electron chi connectivity index (χ2n) is 3.08. The smallest absolute Gasteiger partial charge is 0.0278 e. The lowest BCUT2D eigenvalue weighted by molar-refractivity contribution is 0.737. The highest BCUT2D eigenvalue weighted by atomic mass is 33.1. The molecule has 0 amide bonds. The van der Waals surface area contributed by atoms with E-state index in [9.17, 15) is 0 Å². The van der Waals surface area contributed by atoms with Gasteiger partial charge < -0.3 is 0 Å². The summed E-state index contributed by atoms with van der Waals surface area (Å²) < 4.78 is 0. The van der Waals surface area contributed by atoms with Crippen LogP contribution < -0.4 is 0 Å². The largest absolute Gasteiger partial charge is 0.160 e. The molecule has 0 aromatic rings. The Hall–Kier alpha value is 1.40. The summed E-state index contributed by atoms with van der Waals surface area (Å²) >= 11 is 4.37. The summed E-state index contributed by atoms with van der Waals surface area (Å²) in [6, 6.07) is 0. The molecule has 2 aliphatic heterocycles. The van der Waals surface area contributed by atoms with Crippen molar-refractivity contribution in [2.24, 2.45) is 0 Å². The van der Waals surface area contributed by atoms with Crippen molar-refractivity contribution in [2.75, 3.05) is 23.0 Å². The first-order chi connectivity index (χ1) is 5.97. The van der Waals surface area contributed by atoms with Crippen molar-refractivity contribution in [1.82, 2.24) is 0 Å². The first kappa shape index (κ1) is 9.94. The third-order valence-electron chi connectivity index (χ3n) is 2.16. The normalized spacial score (nSPS) is 38.0. The highest BCUT2D eigenvalue weighted by Crippen LogP contribution is 2.42. The summed E-state index contributed by atoms with van der Waals surface area (Å²) in [5, 5.41) is 1.92. The molecule has 70 valence electrons. The van der Waals surface area contributed by atoms with Crippen LogP contribution in [0.15, 0.2) is 0 Å². The number of rotatable bonds is 1. The van der Waals surface area contributed by atoms with E-state index >= 15 is 0 Å². The first-order valence-corrected chi connectivity index (χ1v) is 9.03. The van der Waals surface area contributed by atoms with E-state index in [1.54, 1.807) is 0 Å². The molecule has 2 atom stereocenters. The van der Waals surface area contributed by atoms with E-state index in [0.717, 1.165) is 10.5 Å². The molecule has 0 N–H and O–H groups in total. The SMILES string of the molecule is C1CSSC(C2CSCCS2)C1. The summed E-state index contributed by atoms with van der Waals surface area (Å²) in [6.45, 7) is 0. The summed E-state index contributed by atoms with van der Waals surface area (Å²) in [6.07, 6.45) is 2.92. The Balaban J connectivity index is 1.80. The molecule has 0 nitrogen and oxygen atoms in total. The van der Waals surface area contributed by atoms with Crippen LogP contribution in [-0.2, 0) is 0 Å². The Morgan fingerprint density at radius 3 is 2.67 bits per heavy atom. The van der Waals surface area contributed by atoms with Crippen LogP contribution >= 0.6 is 45.1 Å². The van der Waals surface area contributed by atoms with Crippen molar-refractivity contribution in [3.8, 4) is 0 Å². The Kier molecular flexibility index (Phi) is 4.41. The van der Waals surface area contributed by atoms with E-state index in [2.05, 4.69) is 45.1 Å². The number of thioether (sulfide) groups is 2. The van der Waals surface area contributed by atoms with E-state index in [0.29, 0.717) is 0 Å². The fourth-order valence-corrected chi connectivity index (χ4v) is 7.94. The van der Waals surface area contributed by atoms with Crippen LogP contribution in [0.3, 0.4) is 0 Å². The molecule has 0 bridgehead atoms. The minimum atomic E-state index is 0.960. The number of hydrogen-bond donors (Lipinski definition) is 0. The maximum atomic E-state index is 2.21. The Morgan fingerprint density at radius 2 is 2.00 bits per heavy atom. The predicted molar refractivity (Wildman–Crippen MR) is 66.6 cm³/mol. The Labute approximate surface area is 91.2 Å². The summed E-state index contributed by atoms with van der Waals surface area (Å²) in [7, 11) is 4.24. The van der Waals surface area contributed by atoms with Gasteiger partial charge in [-0.05, 0) is 12.8 Å². The van der Waals surface area contributed by atoms with Gasteiger partial charge in [0, 0.05) is 33.5 Å². The van der Waals surface area contributed by atoms with Gasteiger partial charge in [0.1, 0.15) is 0 Å². The lowest BCUT2D eigenvalue weighted by Gasteiger charge is -2.30. The topological polar surface area (TPSA) is 0 Å². The zero-order valence-corrected chi connectivity index (χ0v) is 10.3. The predicted octanol–water partition coefficient (Wildman–Crippen LogP) is 3.38. The average Bonchev–Trinajstić information content (AvgIpc) is 2.21. The molecular weight excluding hydrogens is 224 g/mol. The van der Waals surface area contributed by atoms with Gasteiger partial charge in [0.05, 0.1) is 0 Å². The molecule has 0 aliphatic carbocycles. The average molecular weight is 238 g/mol. The highest BCUT2D eigenvalue weighted by Gasteiger charge is 2.26. The fourth-order valence-electron chi connectivity index (χ4n) is 1.50. The molecule has 0 saturated carbocycles. The van der Waals surface area contributed by atoms with Crippen LogP contribution in [0, 0.1) is 0 Å². The molecular formula is C8H14S4.